The van der Waals surface area contributed by atoms with Crippen LogP contribution in [0.2, 0.25) is 0 Å². The molecule has 8 heteroatoms. The number of nitrogen functional groups attached to an aromatic ring is 1. The van der Waals surface area contributed by atoms with Gasteiger partial charge < -0.3 is 10.7 Å². The van der Waals surface area contributed by atoms with Crippen LogP contribution in [0.25, 0.3) is 0 Å². The van der Waals surface area contributed by atoms with E-state index in [2.05, 4.69) is 36.6 Å². The third-order valence-corrected chi connectivity index (χ3v) is 3.02. The summed E-state index contributed by atoms with van der Waals surface area (Å²) in [5, 5.41) is 11.4. The predicted octanol–water partition coefficient (Wildman–Crippen LogP) is 1.65. The molecule has 2 rings (SSSR count). The van der Waals surface area contributed by atoms with E-state index < -0.39 is 5.91 Å². The average molecular weight is 333 g/mol. The Morgan fingerprint density at radius 3 is 2.85 bits per heavy atom. The van der Waals surface area contributed by atoms with Crippen molar-refractivity contribution in [3.05, 3.63) is 46.3 Å². The van der Waals surface area contributed by atoms with E-state index in [-0.39, 0.29) is 11.5 Å². The van der Waals surface area contributed by atoms with E-state index >= 15 is 0 Å². The van der Waals surface area contributed by atoms with Gasteiger partial charge in [-0.3, -0.25) is 9.78 Å². The fraction of sp³-hybridized carbons (Fsp3) is 0. The maximum Gasteiger partial charge on any atom is 0.275 e. The molecule has 1 heterocycles. The molecule has 0 saturated heterocycles. The number of nitrogens with two attached hydrogens (primary N) is 1. The molecule has 7 nitrogen and oxygen atoms in total. The van der Waals surface area contributed by atoms with E-state index in [1.807, 2.05) is 6.07 Å². The average Bonchev–Trinajstić information content (AvgIpc) is 2.49. The molecule has 0 atom stereocenters. The van der Waals surface area contributed by atoms with Gasteiger partial charge in [0.1, 0.15) is 5.69 Å². The summed E-state index contributed by atoms with van der Waals surface area (Å²) in [4.78, 5) is 19.8. The first-order valence-corrected chi connectivity index (χ1v) is 6.23. The van der Waals surface area contributed by atoms with Crippen LogP contribution in [0.5, 0.6) is 0 Å². The number of hydrazine groups is 1. The summed E-state index contributed by atoms with van der Waals surface area (Å²) < 4.78 is 0.603. The molecule has 0 fully saturated rings. The van der Waals surface area contributed by atoms with Gasteiger partial charge in [0.05, 0.1) is 29.7 Å². The van der Waals surface area contributed by atoms with Gasteiger partial charge in [-0.25, -0.2) is 10.8 Å². The lowest BCUT2D eigenvalue weighted by Gasteiger charge is -2.07. The van der Waals surface area contributed by atoms with Crippen molar-refractivity contribution in [3.63, 3.8) is 0 Å². The zero-order valence-electron chi connectivity index (χ0n) is 10.1. The topological polar surface area (TPSA) is 117 Å². The minimum Gasteiger partial charge on any atom is -0.320 e. The van der Waals surface area contributed by atoms with Crippen LogP contribution < -0.4 is 16.6 Å². The van der Waals surface area contributed by atoms with Crippen LogP contribution in [0, 0.1) is 11.3 Å². The largest absolute Gasteiger partial charge is 0.320 e. The van der Waals surface area contributed by atoms with Gasteiger partial charge in [0, 0.05) is 4.47 Å². The highest BCUT2D eigenvalue weighted by molar-refractivity contribution is 9.10. The number of amides is 1. The number of nitrogens with zero attached hydrogens (tertiary/aromatic N) is 3. The lowest BCUT2D eigenvalue weighted by Crippen LogP contribution is -2.17. The molecule has 4 N–H and O–H groups in total. The van der Waals surface area contributed by atoms with Crippen LogP contribution in [0.3, 0.4) is 0 Å². The summed E-state index contributed by atoms with van der Waals surface area (Å²) in [7, 11) is 0. The number of carbonyl (C=O) groups excluding carboxylic acids is 1. The molecule has 0 saturated carbocycles. The van der Waals surface area contributed by atoms with Crippen LogP contribution in [0.4, 0.5) is 11.5 Å². The standard InChI is InChI=1S/C12H9BrN6O/c13-8-3-7(4-14)1-2-9(8)18-12(20)10-5-16-6-11(17-10)19-15/h1-3,5-6H,15H2,(H,17,19)(H,18,20). The van der Waals surface area contributed by atoms with Gasteiger partial charge in [0.15, 0.2) is 5.82 Å². The number of benzene rings is 1. The minimum absolute atomic E-state index is 0.122. The molecule has 0 radical (unpaired) electrons. The fourth-order valence-electron chi connectivity index (χ4n) is 1.42. The SMILES string of the molecule is N#Cc1ccc(NC(=O)c2cncc(NN)n2)c(Br)c1. The molecule has 1 amide bonds. The highest BCUT2D eigenvalue weighted by Crippen LogP contribution is 2.23. The summed E-state index contributed by atoms with van der Waals surface area (Å²) >= 11 is 3.28. The van der Waals surface area contributed by atoms with Crippen LogP contribution in [-0.2, 0) is 0 Å². The van der Waals surface area contributed by atoms with E-state index in [0.29, 0.717) is 15.7 Å². The maximum atomic E-state index is 12.0. The Kier molecular flexibility index (Phi) is 4.24. The summed E-state index contributed by atoms with van der Waals surface area (Å²) in [6.45, 7) is 0. The van der Waals surface area contributed by atoms with Crippen molar-refractivity contribution in [1.29, 1.82) is 5.26 Å². The number of carbonyl (C=O) groups is 1. The fourth-order valence-corrected chi connectivity index (χ4v) is 1.90. The van der Waals surface area contributed by atoms with Gasteiger partial charge in [0.2, 0.25) is 0 Å². The Bertz CT molecular complexity index is 697. The first kappa shape index (κ1) is 13.9. The summed E-state index contributed by atoms with van der Waals surface area (Å²) in [5.41, 5.74) is 3.45. The second-order valence-electron chi connectivity index (χ2n) is 3.69. The van der Waals surface area contributed by atoms with E-state index in [1.165, 1.54) is 12.4 Å². The third kappa shape index (κ3) is 3.09. The Morgan fingerprint density at radius 2 is 2.20 bits per heavy atom. The number of anilines is 2. The van der Waals surface area contributed by atoms with Crippen molar-refractivity contribution in [2.45, 2.75) is 0 Å². The number of nitriles is 1. The molecule has 2 aromatic rings. The van der Waals surface area contributed by atoms with E-state index in [4.69, 9.17) is 11.1 Å². The van der Waals surface area contributed by atoms with Crippen molar-refractivity contribution in [1.82, 2.24) is 9.97 Å². The maximum absolute atomic E-state index is 12.0. The molecule has 0 spiro atoms. The number of rotatable bonds is 3. The van der Waals surface area contributed by atoms with Gasteiger partial charge in [-0.15, -0.1) is 0 Å². The summed E-state index contributed by atoms with van der Waals surface area (Å²) in [6.07, 6.45) is 2.72. The Labute approximate surface area is 122 Å². The van der Waals surface area contributed by atoms with Gasteiger partial charge in [-0.2, -0.15) is 5.26 Å². The molecular formula is C12H9BrN6O. The van der Waals surface area contributed by atoms with E-state index in [0.717, 1.165) is 0 Å². The lowest BCUT2D eigenvalue weighted by atomic mass is 10.2. The number of hydrogen-bond acceptors (Lipinski definition) is 6. The van der Waals surface area contributed by atoms with Crippen LogP contribution >= 0.6 is 15.9 Å². The van der Waals surface area contributed by atoms with Crippen LogP contribution in [0.1, 0.15) is 16.1 Å². The second-order valence-corrected chi connectivity index (χ2v) is 4.55. The highest BCUT2D eigenvalue weighted by atomic mass is 79.9. The quantitative estimate of drug-likeness (QED) is 0.581. The van der Waals surface area contributed by atoms with Gasteiger partial charge in [0.25, 0.3) is 5.91 Å². The molecule has 0 aliphatic heterocycles. The summed E-state index contributed by atoms with van der Waals surface area (Å²) in [5.74, 6) is 5.06. The van der Waals surface area contributed by atoms with Crippen LogP contribution in [0.15, 0.2) is 35.1 Å². The number of nitrogens with one attached hydrogen (secondary N) is 2. The molecule has 20 heavy (non-hydrogen) atoms. The molecule has 1 aromatic heterocycles. The Hall–Kier alpha value is -2.50. The second kappa shape index (κ2) is 6.10. The van der Waals surface area contributed by atoms with Crippen molar-refractivity contribution >= 4 is 33.3 Å². The van der Waals surface area contributed by atoms with Gasteiger partial charge in [-0.05, 0) is 34.1 Å². The van der Waals surface area contributed by atoms with E-state index in [1.54, 1.807) is 18.2 Å². The van der Waals surface area contributed by atoms with Gasteiger partial charge in [-0.1, -0.05) is 0 Å². The lowest BCUT2D eigenvalue weighted by molar-refractivity contribution is 0.102. The zero-order valence-corrected chi connectivity index (χ0v) is 11.7. The highest BCUT2D eigenvalue weighted by Gasteiger charge is 2.11. The molecular weight excluding hydrogens is 324 g/mol. The molecule has 0 aliphatic carbocycles. The Morgan fingerprint density at radius 1 is 1.40 bits per heavy atom. The first-order chi connectivity index (χ1) is 9.63. The molecule has 0 aliphatic rings. The molecule has 0 bridgehead atoms. The first-order valence-electron chi connectivity index (χ1n) is 5.43. The predicted molar refractivity (Wildman–Crippen MR) is 76.7 cm³/mol. The minimum atomic E-state index is -0.431. The van der Waals surface area contributed by atoms with Crippen molar-refractivity contribution in [3.8, 4) is 6.07 Å². The smallest absolute Gasteiger partial charge is 0.275 e. The van der Waals surface area contributed by atoms with Crippen LogP contribution in [-0.4, -0.2) is 15.9 Å². The molecule has 0 unspecified atom stereocenters. The monoisotopic (exact) mass is 332 g/mol. The zero-order chi connectivity index (χ0) is 14.5. The summed E-state index contributed by atoms with van der Waals surface area (Å²) in [6, 6.07) is 6.84. The van der Waals surface area contributed by atoms with Gasteiger partial charge >= 0.3 is 0 Å². The number of aromatic nitrogens is 2. The molecule has 100 valence electrons. The number of halogens is 1. The number of hydrogen-bond donors (Lipinski definition) is 3. The molecule has 1 aromatic carbocycles. The third-order valence-electron chi connectivity index (χ3n) is 2.36. The van der Waals surface area contributed by atoms with Crippen molar-refractivity contribution in [2.75, 3.05) is 10.7 Å². The normalized spacial score (nSPS) is 9.65. The van der Waals surface area contributed by atoms with Crippen molar-refractivity contribution in [2.24, 2.45) is 5.84 Å². The Balaban J connectivity index is 2.21. The van der Waals surface area contributed by atoms with E-state index in [9.17, 15) is 4.79 Å². The van der Waals surface area contributed by atoms with Crippen molar-refractivity contribution < 1.29 is 4.79 Å².